The van der Waals surface area contributed by atoms with Gasteiger partial charge in [0.05, 0.1) is 37.2 Å². The molecule has 2 amide bonds. The molecule has 1 fully saturated rings. The second kappa shape index (κ2) is 11.2. The van der Waals surface area contributed by atoms with E-state index in [0.29, 0.717) is 54.5 Å². The average Bonchev–Trinajstić information content (AvgIpc) is 3.65. The van der Waals surface area contributed by atoms with Crippen LogP contribution in [0.15, 0.2) is 42.6 Å². The van der Waals surface area contributed by atoms with Gasteiger partial charge in [0.2, 0.25) is 5.91 Å². The van der Waals surface area contributed by atoms with Crippen molar-refractivity contribution < 1.29 is 19.1 Å². The predicted octanol–water partition coefficient (Wildman–Crippen LogP) is 4.11. The van der Waals surface area contributed by atoms with Gasteiger partial charge >= 0.3 is 5.97 Å². The number of fused-ring (bicyclic) bond motifs is 4. The Morgan fingerprint density at radius 3 is 2.74 bits per heavy atom. The van der Waals surface area contributed by atoms with Crippen LogP contribution in [0.4, 0.5) is 5.69 Å². The van der Waals surface area contributed by atoms with E-state index in [-0.39, 0.29) is 30.2 Å². The third-order valence-corrected chi connectivity index (χ3v) is 7.25. The Morgan fingerprint density at radius 2 is 1.97 bits per heavy atom. The van der Waals surface area contributed by atoms with Crippen LogP contribution in [0, 0.1) is 0 Å². The first kappa shape index (κ1) is 25.7. The molecule has 9 nitrogen and oxygen atoms in total. The summed E-state index contributed by atoms with van der Waals surface area (Å²) >= 11 is 0. The molecule has 3 aromatic rings. The van der Waals surface area contributed by atoms with Crippen molar-refractivity contribution in [2.75, 3.05) is 12.4 Å². The SMILES string of the molecule is COC(=O)Cc1ccc2c(c1)NC(=O)CCCC[C@H](NC(=O)c1ccc(CN)c(C3CC3)c1)c1ncc-2[nH]1. The van der Waals surface area contributed by atoms with E-state index < -0.39 is 0 Å². The largest absolute Gasteiger partial charge is 0.469 e. The monoisotopic (exact) mass is 515 g/mol. The number of H-pyrrole nitrogens is 1. The predicted molar refractivity (Wildman–Crippen MR) is 143 cm³/mol. The van der Waals surface area contributed by atoms with Crippen molar-refractivity contribution in [1.82, 2.24) is 15.3 Å². The first-order chi connectivity index (χ1) is 18.4. The lowest BCUT2D eigenvalue weighted by Crippen LogP contribution is -2.29. The maximum atomic E-state index is 13.3. The molecule has 0 radical (unpaired) electrons. The molecule has 198 valence electrons. The Hall–Kier alpha value is -3.98. The van der Waals surface area contributed by atoms with Gasteiger partial charge in [-0.05, 0) is 66.5 Å². The second-order valence-electron chi connectivity index (χ2n) is 10.0. The molecule has 1 aliphatic heterocycles. The summed E-state index contributed by atoms with van der Waals surface area (Å²) in [6.07, 6.45) is 6.49. The van der Waals surface area contributed by atoms with Gasteiger partial charge < -0.3 is 26.1 Å². The van der Waals surface area contributed by atoms with Crippen LogP contribution in [0.3, 0.4) is 0 Å². The molecule has 1 aromatic heterocycles. The number of aromatic nitrogens is 2. The number of hydrogen-bond donors (Lipinski definition) is 4. The number of carbonyl (C=O) groups is 3. The van der Waals surface area contributed by atoms with Crippen molar-refractivity contribution >= 4 is 23.5 Å². The van der Waals surface area contributed by atoms with E-state index in [1.165, 1.54) is 12.7 Å². The normalized spacial score (nSPS) is 17.4. The van der Waals surface area contributed by atoms with E-state index in [2.05, 4.69) is 20.6 Å². The van der Waals surface area contributed by atoms with Crippen LogP contribution < -0.4 is 16.4 Å². The number of aromatic amines is 1. The van der Waals surface area contributed by atoms with Crippen LogP contribution in [0.1, 0.15) is 83.4 Å². The minimum Gasteiger partial charge on any atom is -0.469 e. The Morgan fingerprint density at radius 1 is 1.13 bits per heavy atom. The molecule has 0 spiro atoms. The van der Waals surface area contributed by atoms with Gasteiger partial charge in [0, 0.05) is 24.1 Å². The molecule has 5 rings (SSSR count). The van der Waals surface area contributed by atoms with Crippen LogP contribution in [0.2, 0.25) is 0 Å². The van der Waals surface area contributed by atoms with E-state index in [9.17, 15) is 14.4 Å². The molecule has 5 N–H and O–H groups in total. The fraction of sp³-hybridized carbons (Fsp3) is 0.379. The van der Waals surface area contributed by atoms with Crippen LogP contribution in [0.5, 0.6) is 0 Å². The first-order valence-corrected chi connectivity index (χ1v) is 13.1. The van der Waals surface area contributed by atoms with Crippen LogP contribution >= 0.6 is 0 Å². The highest BCUT2D eigenvalue weighted by Gasteiger charge is 2.27. The number of amides is 2. The number of ether oxygens (including phenoxy) is 1. The summed E-state index contributed by atoms with van der Waals surface area (Å²) in [5, 5.41) is 6.15. The molecule has 2 aromatic carbocycles. The van der Waals surface area contributed by atoms with Crippen molar-refractivity contribution in [1.29, 1.82) is 0 Å². The van der Waals surface area contributed by atoms with Crippen LogP contribution in [0.25, 0.3) is 11.3 Å². The number of nitrogens with zero attached hydrogens (tertiary/aromatic N) is 1. The van der Waals surface area contributed by atoms with E-state index in [4.69, 9.17) is 10.5 Å². The fourth-order valence-corrected chi connectivity index (χ4v) is 4.99. The summed E-state index contributed by atoms with van der Waals surface area (Å²) in [7, 11) is 1.35. The standard InChI is InChI=1S/C29H33N5O4/c1-38-27(36)13-17-6-11-21-24(12-17)32-26(35)5-3-2-4-23(28-31-16-25(21)33-28)34-29(37)19-9-10-20(15-30)22(14-19)18-7-8-18/h6,9-12,14,16,18,23H,2-5,7-8,13,15,30H2,1H3,(H,31,33)(H,32,35)(H,34,37)/t23-/m0/s1. The smallest absolute Gasteiger partial charge is 0.309 e. The average molecular weight is 516 g/mol. The van der Waals surface area contributed by atoms with Crippen LogP contribution in [-0.2, 0) is 27.3 Å². The summed E-state index contributed by atoms with van der Waals surface area (Å²) in [6, 6.07) is 10.9. The molecule has 38 heavy (non-hydrogen) atoms. The maximum absolute atomic E-state index is 13.3. The summed E-state index contributed by atoms with van der Waals surface area (Å²) < 4.78 is 4.78. The highest BCUT2D eigenvalue weighted by atomic mass is 16.5. The lowest BCUT2D eigenvalue weighted by molar-refractivity contribution is -0.139. The molecule has 2 aliphatic rings. The number of rotatable bonds is 6. The molecular weight excluding hydrogens is 482 g/mol. The van der Waals surface area contributed by atoms with Gasteiger partial charge in [-0.15, -0.1) is 0 Å². The zero-order valence-electron chi connectivity index (χ0n) is 21.5. The minimum atomic E-state index is -0.353. The fourth-order valence-electron chi connectivity index (χ4n) is 4.99. The van der Waals surface area contributed by atoms with E-state index in [1.807, 2.05) is 30.3 Å². The highest BCUT2D eigenvalue weighted by Crippen LogP contribution is 2.42. The lowest BCUT2D eigenvalue weighted by Gasteiger charge is -2.19. The van der Waals surface area contributed by atoms with Crippen LogP contribution in [-0.4, -0.2) is 34.9 Å². The summed E-state index contributed by atoms with van der Waals surface area (Å²) in [6.45, 7) is 0.463. The lowest BCUT2D eigenvalue weighted by atomic mass is 9.99. The molecule has 9 heteroatoms. The summed E-state index contributed by atoms with van der Waals surface area (Å²) in [5.74, 6) is 0.542. The van der Waals surface area contributed by atoms with E-state index >= 15 is 0 Å². The Labute approximate surface area is 221 Å². The maximum Gasteiger partial charge on any atom is 0.309 e. The van der Waals surface area contributed by atoms with Crippen molar-refractivity contribution in [2.45, 2.75) is 63.5 Å². The number of nitrogens with one attached hydrogen (secondary N) is 3. The molecule has 2 bridgehead atoms. The van der Waals surface area contributed by atoms with Crippen molar-refractivity contribution in [3.63, 3.8) is 0 Å². The first-order valence-electron chi connectivity index (χ1n) is 13.1. The third-order valence-electron chi connectivity index (χ3n) is 7.25. The summed E-state index contributed by atoms with van der Waals surface area (Å²) in [5.41, 5.74) is 11.6. The summed E-state index contributed by atoms with van der Waals surface area (Å²) in [4.78, 5) is 45.7. The third kappa shape index (κ3) is 5.78. The quantitative estimate of drug-likeness (QED) is 0.364. The number of hydrogen-bond acceptors (Lipinski definition) is 6. The van der Waals surface area contributed by atoms with E-state index in [0.717, 1.165) is 36.0 Å². The molecule has 1 aliphatic carbocycles. The zero-order valence-corrected chi connectivity index (χ0v) is 21.5. The highest BCUT2D eigenvalue weighted by molar-refractivity contribution is 5.96. The van der Waals surface area contributed by atoms with Crippen molar-refractivity contribution in [3.05, 3.63) is 70.7 Å². The van der Waals surface area contributed by atoms with Crippen molar-refractivity contribution in [3.8, 4) is 11.3 Å². The number of anilines is 1. The number of nitrogens with two attached hydrogens (primary N) is 1. The van der Waals surface area contributed by atoms with Gasteiger partial charge in [0.1, 0.15) is 5.82 Å². The van der Waals surface area contributed by atoms with Gasteiger partial charge in [-0.25, -0.2) is 4.98 Å². The molecule has 1 saturated carbocycles. The van der Waals surface area contributed by atoms with Gasteiger partial charge in [-0.1, -0.05) is 24.6 Å². The number of esters is 1. The molecular formula is C29H33N5O4. The number of benzene rings is 2. The number of methoxy groups -OCH3 is 1. The second-order valence-corrected chi connectivity index (χ2v) is 10.0. The van der Waals surface area contributed by atoms with Gasteiger partial charge in [-0.2, -0.15) is 0 Å². The van der Waals surface area contributed by atoms with Gasteiger partial charge in [-0.3, -0.25) is 14.4 Å². The van der Waals surface area contributed by atoms with E-state index in [1.54, 1.807) is 12.3 Å². The van der Waals surface area contributed by atoms with Crippen molar-refractivity contribution in [2.24, 2.45) is 5.73 Å². The number of carbonyl (C=O) groups excluding carboxylic acids is 3. The number of imidazole rings is 1. The molecule has 2 heterocycles. The van der Waals surface area contributed by atoms with Gasteiger partial charge in [0.25, 0.3) is 5.91 Å². The zero-order chi connectivity index (χ0) is 26.6. The minimum absolute atomic E-state index is 0.102. The topological polar surface area (TPSA) is 139 Å². The van der Waals surface area contributed by atoms with Gasteiger partial charge in [0.15, 0.2) is 0 Å². The Balaban J connectivity index is 1.42. The Bertz CT molecular complexity index is 1360. The Kier molecular flexibility index (Phi) is 7.55. The molecule has 1 atom stereocenters. The molecule has 0 unspecified atom stereocenters. The molecule has 0 saturated heterocycles.